The maximum absolute atomic E-state index is 6.24. The predicted molar refractivity (Wildman–Crippen MR) is 539 cm³/mol. The van der Waals surface area contributed by atoms with E-state index in [0.29, 0.717) is 0 Å². The number of hydrogen-bond donors (Lipinski definition) is 0. The van der Waals surface area contributed by atoms with Crippen LogP contribution < -0.4 is 14.7 Å². The average molecular weight is 1800 g/mol. The van der Waals surface area contributed by atoms with Gasteiger partial charge in [-0.3, -0.25) is 0 Å². The van der Waals surface area contributed by atoms with Crippen LogP contribution in [0.4, 0.5) is 51.2 Å². The molecular weight excluding hydrogens is 1720 g/mol. The minimum absolute atomic E-state index is 0.885. The third-order valence-electron chi connectivity index (χ3n) is 23.6. The van der Waals surface area contributed by atoms with Gasteiger partial charge in [0.2, 0.25) is 0 Å². The summed E-state index contributed by atoms with van der Waals surface area (Å²) >= 11 is 10.7. The van der Waals surface area contributed by atoms with Gasteiger partial charge in [0.1, 0.15) is 11.2 Å². The molecule has 0 aliphatic carbocycles. The fourth-order valence-electron chi connectivity index (χ4n) is 17.6. The molecule has 0 saturated heterocycles. The van der Waals surface area contributed by atoms with Gasteiger partial charge in [0.05, 0.1) is 27.9 Å². The molecule has 9 heteroatoms. The fourth-order valence-corrected chi connectivity index (χ4v) is 18.4. The summed E-state index contributed by atoms with van der Waals surface area (Å²) in [6, 6.07) is 167. The molecule has 594 valence electrons. The number of hydrogen-bond acceptors (Lipinski definition) is 4. The molecule has 0 spiro atoms. The first-order valence-corrected chi connectivity index (χ1v) is 44.3. The molecule has 0 amide bonds. The molecule has 0 atom stereocenters. The van der Waals surface area contributed by atoms with Crippen molar-refractivity contribution in [3.05, 3.63) is 487 Å². The van der Waals surface area contributed by atoms with Gasteiger partial charge >= 0.3 is 0 Å². The second-order valence-electron chi connectivity index (χ2n) is 31.2. The van der Waals surface area contributed by atoms with Gasteiger partial charge in [-0.05, 0) is 254 Å². The van der Waals surface area contributed by atoms with E-state index >= 15 is 0 Å². The molecule has 125 heavy (non-hydrogen) atoms. The van der Waals surface area contributed by atoms with Crippen LogP contribution in [0.1, 0.15) is 0 Å². The molecule has 6 nitrogen and oxygen atoms in total. The molecule has 0 aliphatic rings. The molecule has 0 N–H and O–H groups in total. The molecule has 3 heterocycles. The quantitative estimate of drug-likeness (QED) is 0.102. The number of para-hydroxylation sites is 4. The number of benzene rings is 20. The lowest BCUT2D eigenvalue weighted by molar-refractivity contribution is 0.669. The van der Waals surface area contributed by atoms with Crippen LogP contribution >= 0.6 is 47.8 Å². The van der Waals surface area contributed by atoms with Gasteiger partial charge in [-0.15, -0.1) is 0 Å². The molecule has 20 aromatic carbocycles. The van der Waals surface area contributed by atoms with Crippen molar-refractivity contribution < 1.29 is 4.42 Å². The first kappa shape index (κ1) is 77.5. The van der Waals surface area contributed by atoms with Crippen LogP contribution in [0.25, 0.3) is 143 Å². The van der Waals surface area contributed by atoms with E-state index in [9.17, 15) is 0 Å². The lowest BCUT2D eigenvalue weighted by atomic mass is 10.0. The highest BCUT2D eigenvalue weighted by molar-refractivity contribution is 9.11. The number of anilines is 9. The summed E-state index contributed by atoms with van der Waals surface area (Å²) in [5.74, 6) is 0. The molecule has 0 bridgehead atoms. The highest BCUT2D eigenvalue weighted by Crippen LogP contribution is 2.47. The Morgan fingerprint density at radius 2 is 0.592 bits per heavy atom. The van der Waals surface area contributed by atoms with Crippen molar-refractivity contribution in [1.29, 1.82) is 0 Å². The van der Waals surface area contributed by atoms with Gasteiger partial charge in [-0.2, -0.15) is 0 Å². The summed E-state index contributed by atoms with van der Waals surface area (Å²) in [6.45, 7) is 0. The highest BCUT2D eigenvalue weighted by Gasteiger charge is 2.23. The number of rotatable bonds is 15. The summed E-state index contributed by atoms with van der Waals surface area (Å²) in [5.41, 5.74) is 27.2. The highest BCUT2D eigenvalue weighted by atomic mass is 79.9. The molecule has 23 aromatic rings. The van der Waals surface area contributed by atoms with Gasteiger partial charge in [-0.25, -0.2) is 0 Å². The van der Waals surface area contributed by atoms with E-state index in [1.807, 2.05) is 12.1 Å². The van der Waals surface area contributed by atoms with E-state index in [0.717, 1.165) is 92.2 Å². The molecule has 0 saturated carbocycles. The zero-order chi connectivity index (χ0) is 83.7. The molecule has 0 radical (unpaired) electrons. The Labute approximate surface area is 750 Å². The van der Waals surface area contributed by atoms with E-state index in [4.69, 9.17) is 4.42 Å². The van der Waals surface area contributed by atoms with Crippen molar-refractivity contribution in [1.82, 2.24) is 9.13 Å². The van der Waals surface area contributed by atoms with E-state index in [1.54, 1.807) is 0 Å². The molecule has 0 unspecified atom stereocenters. The van der Waals surface area contributed by atoms with Gasteiger partial charge in [0.15, 0.2) is 0 Å². The van der Waals surface area contributed by atoms with Crippen LogP contribution in [0, 0.1) is 0 Å². The first-order chi connectivity index (χ1) is 61.7. The Morgan fingerprint density at radius 3 is 1.28 bits per heavy atom. The van der Waals surface area contributed by atoms with Crippen molar-refractivity contribution in [2.45, 2.75) is 0 Å². The lowest BCUT2D eigenvalue weighted by Crippen LogP contribution is -2.10. The Balaban J connectivity index is 0.000000116. The molecule has 23 rings (SSSR count). The van der Waals surface area contributed by atoms with Crippen molar-refractivity contribution in [3.63, 3.8) is 0 Å². The Bertz CT molecular complexity index is 7860. The number of aromatic nitrogens is 2. The van der Waals surface area contributed by atoms with Gasteiger partial charge in [-0.1, -0.05) is 321 Å². The largest absolute Gasteiger partial charge is 0.456 e. The second kappa shape index (κ2) is 34.2. The van der Waals surface area contributed by atoms with Gasteiger partial charge in [0, 0.05) is 115 Å². The maximum atomic E-state index is 6.24. The zero-order valence-electron chi connectivity index (χ0n) is 67.8. The smallest absolute Gasteiger partial charge is 0.137 e. The first-order valence-electron chi connectivity index (χ1n) is 41.9. The van der Waals surface area contributed by atoms with E-state index in [1.165, 1.54) is 115 Å². The van der Waals surface area contributed by atoms with Gasteiger partial charge < -0.3 is 28.3 Å². The van der Waals surface area contributed by atoms with Crippen LogP contribution in [-0.2, 0) is 0 Å². The SMILES string of the molecule is Brc1ccc(-c2ccc(N(c3ccc4c(c3)c3ccccc3n4-c3cccc(-c4ccccc4)c3)c3cccc4ccccc34)cc2)cc1.Brc1ccc(-c2ccc(N(c3ccc4ccccc4c3)c3ccc4c(c3)oc3ccccc34)cc2)cc1.Brc1ccc(-c2cccc(N(c3ccccc3)c3cccc4c3ccc3c4ccn3-c3ccccc3)c2)cc1. The fraction of sp³-hybridized carbons (Fsp3) is 0. The zero-order valence-corrected chi connectivity index (χ0v) is 72.6. The van der Waals surface area contributed by atoms with Crippen molar-refractivity contribution in [2.24, 2.45) is 0 Å². The number of halogens is 3. The number of furan rings is 1. The van der Waals surface area contributed by atoms with Crippen molar-refractivity contribution in [3.8, 4) is 55.9 Å². The third kappa shape index (κ3) is 15.5. The Hall–Kier alpha value is -14.8. The predicted octanol–water partition coefficient (Wildman–Crippen LogP) is 34.8. The average Bonchev–Trinajstić information content (AvgIpc) is 1.61. The van der Waals surface area contributed by atoms with Crippen molar-refractivity contribution in [2.75, 3.05) is 14.7 Å². The summed E-state index contributed by atoms with van der Waals surface area (Å²) in [6.07, 6.45) is 2.17. The Morgan fingerprint density at radius 1 is 0.192 bits per heavy atom. The summed E-state index contributed by atoms with van der Waals surface area (Å²) < 4.78 is 14.1. The topological polar surface area (TPSA) is 32.7 Å². The van der Waals surface area contributed by atoms with Crippen LogP contribution in [-0.4, -0.2) is 9.13 Å². The summed E-state index contributed by atoms with van der Waals surface area (Å²) in [4.78, 5) is 7.06. The number of nitrogens with zero attached hydrogens (tertiary/aromatic N) is 5. The van der Waals surface area contributed by atoms with Crippen LogP contribution in [0.5, 0.6) is 0 Å². The molecule has 0 aliphatic heterocycles. The summed E-state index contributed by atoms with van der Waals surface area (Å²) in [5, 5.41) is 13.3. The van der Waals surface area contributed by atoms with Crippen molar-refractivity contribution >= 4 is 186 Å². The molecule has 3 aromatic heterocycles. The minimum atomic E-state index is 0.885. The standard InChI is InChI=1S/C46H31BrN2.C36H25BrN2.C34H22BrNO/c47-37-24-20-33(21-25-37)34-22-26-38(27-23-34)48(44-19-9-13-35-12-4-5-16-41(35)44)40-28-29-46-43(31-40)42-17-6-7-18-45(42)49(46)39-15-8-14-36(30-39)32-10-2-1-3-11-32;37-28-19-17-26(18-20-28)27-9-7-14-31(25-27)39(30-12-5-2-6-13-30)36-16-8-15-32-33(36)21-22-35-34(32)23-24-38(35)29-10-3-1-4-11-29;35-27-14-9-24(10-15-27)25-11-16-28(17-12-25)36(29-18-13-23-5-1-2-6-26(23)21-29)30-19-20-32-31-7-3-4-8-33(31)37-34(32)22-30/h1-31H;1-25H;1-22H. The van der Waals surface area contributed by atoms with Crippen LogP contribution in [0.15, 0.2) is 491 Å². The lowest BCUT2D eigenvalue weighted by Gasteiger charge is -2.27. The van der Waals surface area contributed by atoms with E-state index in [2.05, 4.69) is 533 Å². The van der Waals surface area contributed by atoms with Crippen LogP contribution in [0.2, 0.25) is 0 Å². The second-order valence-corrected chi connectivity index (χ2v) is 33.9. The number of fused-ring (bicyclic) bond motifs is 11. The maximum Gasteiger partial charge on any atom is 0.137 e. The van der Waals surface area contributed by atoms with Crippen LogP contribution in [0.3, 0.4) is 0 Å². The third-order valence-corrected chi connectivity index (χ3v) is 25.2. The monoisotopic (exact) mass is 1790 g/mol. The normalized spacial score (nSPS) is 11.3. The molecule has 0 fully saturated rings. The summed E-state index contributed by atoms with van der Waals surface area (Å²) in [7, 11) is 0. The van der Waals surface area contributed by atoms with E-state index < -0.39 is 0 Å². The molecular formula is C116H78Br3N5O. The Kier molecular flexibility index (Phi) is 21.2. The van der Waals surface area contributed by atoms with Gasteiger partial charge in [0.25, 0.3) is 0 Å². The van der Waals surface area contributed by atoms with E-state index in [-0.39, 0.29) is 0 Å². The minimum Gasteiger partial charge on any atom is -0.456 e.